The van der Waals surface area contributed by atoms with Gasteiger partial charge in [-0.15, -0.1) is 0 Å². The second kappa shape index (κ2) is 8.69. The number of fused-ring (bicyclic) bond motifs is 3. The average Bonchev–Trinajstić information content (AvgIpc) is 2.92. The molecule has 0 spiro atoms. The van der Waals surface area contributed by atoms with E-state index in [0.29, 0.717) is 22.2 Å². The first-order valence-corrected chi connectivity index (χ1v) is 13.7. The Labute approximate surface area is 215 Å². The van der Waals surface area contributed by atoms with Crippen LogP contribution in [0.4, 0.5) is 0 Å². The van der Waals surface area contributed by atoms with Gasteiger partial charge in [0.25, 0.3) is 7.37 Å². The number of aryl methyl sites for hydroxylation is 1. The molecule has 1 unspecified atom stereocenters. The fourth-order valence-corrected chi connectivity index (χ4v) is 8.67. The fraction of sp³-hybridized carbons (Fsp3) is 0.0625. The van der Waals surface area contributed by atoms with Crippen molar-refractivity contribution in [1.82, 2.24) is 0 Å². The summed E-state index contributed by atoms with van der Waals surface area (Å²) in [5.41, 5.74) is 5.02. The zero-order valence-electron chi connectivity index (χ0n) is 20.2. The SMILES string of the molecule is Cc1ccc(C(c2ccc(O)cc2)(c2ccc(O)cc2)P2(=O)Oc3ccccc3-c3ccccc32)cc1. The number of aromatic hydroxyl groups is 2. The molecule has 0 amide bonds. The zero-order chi connectivity index (χ0) is 25.6. The maximum absolute atomic E-state index is 15.9. The molecule has 0 radical (unpaired) electrons. The Balaban J connectivity index is 1.79. The van der Waals surface area contributed by atoms with Crippen molar-refractivity contribution in [2.24, 2.45) is 0 Å². The molecule has 0 aromatic heterocycles. The quantitative estimate of drug-likeness (QED) is 0.198. The van der Waals surface area contributed by atoms with Crippen LogP contribution in [0.15, 0.2) is 121 Å². The van der Waals surface area contributed by atoms with E-state index in [1.165, 1.54) is 0 Å². The van der Waals surface area contributed by atoms with Gasteiger partial charge in [-0.05, 0) is 65.6 Å². The predicted octanol–water partition coefficient (Wildman–Crippen LogP) is 7.36. The highest BCUT2D eigenvalue weighted by Gasteiger charge is 2.57. The van der Waals surface area contributed by atoms with Crippen molar-refractivity contribution in [2.75, 3.05) is 0 Å². The molecule has 0 saturated carbocycles. The van der Waals surface area contributed by atoms with E-state index in [1.807, 2.05) is 79.7 Å². The molecule has 0 fully saturated rings. The fourth-order valence-electron chi connectivity index (χ4n) is 5.37. The minimum Gasteiger partial charge on any atom is -0.508 e. The maximum atomic E-state index is 15.9. The van der Waals surface area contributed by atoms with E-state index in [-0.39, 0.29) is 11.5 Å². The third kappa shape index (κ3) is 3.48. The molecule has 6 rings (SSSR count). The molecule has 37 heavy (non-hydrogen) atoms. The lowest BCUT2D eigenvalue weighted by atomic mass is 9.83. The van der Waals surface area contributed by atoms with Gasteiger partial charge in [-0.3, -0.25) is 4.57 Å². The summed E-state index contributed by atoms with van der Waals surface area (Å²) in [6.07, 6.45) is 0. The molecule has 1 aliphatic rings. The zero-order valence-corrected chi connectivity index (χ0v) is 21.1. The van der Waals surface area contributed by atoms with Crippen LogP contribution in [0.1, 0.15) is 22.3 Å². The first-order valence-electron chi connectivity index (χ1n) is 12.1. The van der Waals surface area contributed by atoms with Crippen LogP contribution in [0.2, 0.25) is 0 Å². The Morgan fingerprint density at radius 1 is 0.595 bits per heavy atom. The third-order valence-electron chi connectivity index (χ3n) is 7.11. The van der Waals surface area contributed by atoms with E-state index < -0.39 is 12.5 Å². The predicted molar refractivity (Wildman–Crippen MR) is 147 cm³/mol. The van der Waals surface area contributed by atoms with Gasteiger partial charge < -0.3 is 14.7 Å². The van der Waals surface area contributed by atoms with Gasteiger partial charge in [-0.1, -0.05) is 90.5 Å². The van der Waals surface area contributed by atoms with Crippen molar-refractivity contribution in [3.05, 3.63) is 144 Å². The van der Waals surface area contributed by atoms with E-state index in [9.17, 15) is 10.2 Å². The molecule has 0 bridgehead atoms. The van der Waals surface area contributed by atoms with Gasteiger partial charge in [0.1, 0.15) is 22.4 Å². The summed E-state index contributed by atoms with van der Waals surface area (Å²) >= 11 is 0. The summed E-state index contributed by atoms with van der Waals surface area (Å²) in [4.78, 5) is 0. The van der Waals surface area contributed by atoms with Gasteiger partial charge in [-0.2, -0.15) is 0 Å². The van der Waals surface area contributed by atoms with Crippen molar-refractivity contribution in [3.63, 3.8) is 0 Å². The Morgan fingerprint density at radius 2 is 1.05 bits per heavy atom. The van der Waals surface area contributed by atoms with Gasteiger partial charge in [0, 0.05) is 5.56 Å². The van der Waals surface area contributed by atoms with E-state index in [0.717, 1.165) is 22.3 Å². The van der Waals surface area contributed by atoms with E-state index in [1.54, 1.807) is 48.5 Å². The first-order chi connectivity index (χ1) is 17.9. The normalized spacial score (nSPS) is 16.4. The smallest absolute Gasteiger partial charge is 0.296 e. The van der Waals surface area contributed by atoms with Crippen LogP contribution in [0.5, 0.6) is 17.2 Å². The summed E-state index contributed by atoms with van der Waals surface area (Å²) in [5.74, 6) is 0.778. The van der Waals surface area contributed by atoms with Crippen molar-refractivity contribution >= 4 is 12.7 Å². The van der Waals surface area contributed by atoms with Crippen molar-refractivity contribution < 1.29 is 19.3 Å². The van der Waals surface area contributed by atoms with Gasteiger partial charge in [0.05, 0.1) is 5.30 Å². The second-order valence-electron chi connectivity index (χ2n) is 9.33. The van der Waals surface area contributed by atoms with Crippen LogP contribution in [-0.2, 0) is 9.72 Å². The van der Waals surface area contributed by atoms with Crippen LogP contribution in [0, 0.1) is 6.92 Å². The van der Waals surface area contributed by atoms with Crippen LogP contribution in [0.25, 0.3) is 11.1 Å². The van der Waals surface area contributed by atoms with Gasteiger partial charge in [0.2, 0.25) is 0 Å². The summed E-state index contributed by atoms with van der Waals surface area (Å²) in [6.45, 7) is 2.01. The van der Waals surface area contributed by atoms with Gasteiger partial charge >= 0.3 is 0 Å². The van der Waals surface area contributed by atoms with E-state index >= 15 is 4.57 Å². The van der Waals surface area contributed by atoms with Crippen LogP contribution < -0.4 is 9.83 Å². The number of para-hydroxylation sites is 1. The average molecular weight is 505 g/mol. The Morgan fingerprint density at radius 3 is 1.62 bits per heavy atom. The Bertz CT molecular complexity index is 1530. The third-order valence-corrected chi connectivity index (χ3v) is 10.2. The molecular formula is C32H25O4P. The van der Waals surface area contributed by atoms with Crippen molar-refractivity contribution in [1.29, 1.82) is 0 Å². The molecule has 1 aliphatic heterocycles. The molecule has 5 aromatic rings. The molecule has 1 heterocycles. The maximum Gasteiger partial charge on any atom is 0.296 e. The van der Waals surface area contributed by atoms with E-state index in [4.69, 9.17) is 4.52 Å². The molecule has 5 aromatic carbocycles. The minimum atomic E-state index is -3.85. The number of phenols is 2. The minimum absolute atomic E-state index is 0.112. The first kappa shape index (κ1) is 23.1. The highest BCUT2D eigenvalue weighted by atomic mass is 31.2. The van der Waals surface area contributed by atoms with Crippen LogP contribution in [-0.4, -0.2) is 10.2 Å². The highest BCUT2D eigenvalue weighted by Crippen LogP contribution is 2.71. The molecule has 5 heteroatoms. The summed E-state index contributed by atoms with van der Waals surface area (Å²) in [6, 6.07) is 37.0. The standard InChI is InChI=1S/C32H25O4P/c1-22-10-12-23(13-11-22)32(24-14-18-26(33)19-15-24,25-16-20-27(34)21-17-25)37(35)31-9-5-3-7-29(31)28-6-2-4-8-30(28)36-37/h2-21,33-34H,1H3. The lowest BCUT2D eigenvalue weighted by Gasteiger charge is -2.44. The Kier molecular flexibility index (Phi) is 5.43. The molecule has 0 aliphatic carbocycles. The molecule has 0 saturated heterocycles. The van der Waals surface area contributed by atoms with E-state index in [2.05, 4.69) is 0 Å². The van der Waals surface area contributed by atoms with Crippen molar-refractivity contribution in [3.8, 4) is 28.4 Å². The topological polar surface area (TPSA) is 66.8 Å². The number of rotatable bonds is 4. The van der Waals surface area contributed by atoms with Gasteiger partial charge in [-0.25, -0.2) is 0 Å². The second-order valence-corrected chi connectivity index (χ2v) is 11.8. The number of hydrogen-bond donors (Lipinski definition) is 2. The molecule has 1 atom stereocenters. The summed E-state index contributed by atoms with van der Waals surface area (Å²) < 4.78 is 22.6. The van der Waals surface area contributed by atoms with Crippen LogP contribution in [0.3, 0.4) is 0 Å². The largest absolute Gasteiger partial charge is 0.508 e. The lowest BCUT2D eigenvalue weighted by molar-refractivity contribution is 0.464. The van der Waals surface area contributed by atoms with Gasteiger partial charge in [0.15, 0.2) is 0 Å². The highest BCUT2D eigenvalue weighted by molar-refractivity contribution is 7.69. The molecule has 182 valence electrons. The number of phenolic OH excluding ortho intramolecular Hbond substituents is 2. The molecule has 2 N–H and O–H groups in total. The number of hydrogen-bond acceptors (Lipinski definition) is 4. The molecule has 4 nitrogen and oxygen atoms in total. The van der Waals surface area contributed by atoms with Crippen molar-refractivity contribution in [2.45, 2.75) is 12.1 Å². The Hall–Kier alpha value is -4.27. The summed E-state index contributed by atoms with van der Waals surface area (Å²) in [7, 11) is -3.85. The number of benzene rings is 5. The molecular weight excluding hydrogens is 479 g/mol. The monoisotopic (exact) mass is 504 g/mol. The summed E-state index contributed by atoms with van der Waals surface area (Å²) in [5, 5.41) is 19.7. The lowest BCUT2D eigenvalue weighted by Crippen LogP contribution is -2.37. The van der Waals surface area contributed by atoms with Crippen LogP contribution >= 0.6 is 7.37 Å².